The van der Waals surface area contributed by atoms with E-state index in [1.54, 1.807) is 6.92 Å². The van der Waals surface area contributed by atoms with Crippen LogP contribution in [-0.4, -0.2) is 30.4 Å². The molecule has 0 rings (SSSR count). The largest absolute Gasteiger partial charge is 0.478 e. The second-order valence-electron chi connectivity index (χ2n) is 1.75. The summed E-state index contributed by atoms with van der Waals surface area (Å²) >= 11 is 0. The summed E-state index contributed by atoms with van der Waals surface area (Å²) in [4.78, 5) is 20.5. The first-order valence-corrected chi connectivity index (χ1v) is 3.32. The van der Waals surface area contributed by atoms with Crippen LogP contribution in [0.15, 0.2) is 12.2 Å². The SMILES string of the molecule is CCOCOC(=O)C=CC(=O)O. The minimum absolute atomic E-state index is 0.153. The average molecular weight is 174 g/mol. The van der Waals surface area contributed by atoms with Crippen LogP contribution in [0, 0.1) is 0 Å². The van der Waals surface area contributed by atoms with Crippen LogP contribution in [-0.2, 0) is 19.1 Å². The predicted molar refractivity (Wildman–Crippen MR) is 39.4 cm³/mol. The summed E-state index contributed by atoms with van der Waals surface area (Å²) in [6, 6.07) is 0. The van der Waals surface area contributed by atoms with Crippen molar-refractivity contribution in [3.63, 3.8) is 0 Å². The van der Waals surface area contributed by atoms with E-state index in [9.17, 15) is 9.59 Å². The van der Waals surface area contributed by atoms with Gasteiger partial charge in [-0.2, -0.15) is 0 Å². The third kappa shape index (κ3) is 6.76. The summed E-state index contributed by atoms with van der Waals surface area (Å²) in [5, 5.41) is 8.11. The fourth-order valence-corrected chi connectivity index (χ4v) is 0.371. The summed E-state index contributed by atoms with van der Waals surface area (Å²) < 4.78 is 9.11. The Hall–Kier alpha value is -1.36. The highest BCUT2D eigenvalue weighted by Crippen LogP contribution is 1.83. The van der Waals surface area contributed by atoms with Crippen molar-refractivity contribution in [1.82, 2.24) is 0 Å². The number of hydrogen-bond acceptors (Lipinski definition) is 4. The maximum Gasteiger partial charge on any atom is 0.333 e. The summed E-state index contributed by atoms with van der Waals surface area (Å²) in [5.74, 6) is -1.92. The topological polar surface area (TPSA) is 72.8 Å². The summed E-state index contributed by atoms with van der Waals surface area (Å²) in [6.07, 6.45) is 1.52. The molecule has 0 bridgehead atoms. The predicted octanol–water partition coefficient (Wildman–Crippen LogP) is 0.164. The monoisotopic (exact) mass is 174 g/mol. The van der Waals surface area contributed by atoms with Crippen LogP contribution in [0.2, 0.25) is 0 Å². The number of hydrogen-bond donors (Lipinski definition) is 1. The van der Waals surface area contributed by atoms with E-state index < -0.39 is 11.9 Å². The molecule has 0 radical (unpaired) electrons. The van der Waals surface area contributed by atoms with Gasteiger partial charge in [-0.05, 0) is 6.92 Å². The molecule has 0 saturated heterocycles. The van der Waals surface area contributed by atoms with Crippen LogP contribution in [0.1, 0.15) is 6.92 Å². The molecule has 68 valence electrons. The van der Waals surface area contributed by atoms with Crippen molar-refractivity contribution < 1.29 is 24.2 Å². The second-order valence-corrected chi connectivity index (χ2v) is 1.75. The van der Waals surface area contributed by atoms with Crippen LogP contribution >= 0.6 is 0 Å². The molecule has 0 spiro atoms. The van der Waals surface area contributed by atoms with E-state index in [4.69, 9.17) is 5.11 Å². The minimum atomic E-state index is -1.19. The Morgan fingerprint density at radius 3 is 2.58 bits per heavy atom. The van der Waals surface area contributed by atoms with Gasteiger partial charge in [0.15, 0.2) is 6.79 Å². The number of rotatable bonds is 5. The Labute approximate surface area is 69.6 Å². The maximum atomic E-state index is 10.6. The first-order chi connectivity index (χ1) is 5.66. The highest BCUT2D eigenvalue weighted by atomic mass is 16.7. The third-order valence-corrected chi connectivity index (χ3v) is 0.851. The van der Waals surface area contributed by atoms with Gasteiger partial charge in [-0.25, -0.2) is 9.59 Å². The molecule has 0 unspecified atom stereocenters. The first kappa shape index (κ1) is 10.6. The molecular weight excluding hydrogens is 164 g/mol. The highest BCUT2D eigenvalue weighted by Gasteiger charge is 1.96. The van der Waals surface area contributed by atoms with Crippen molar-refractivity contribution in [2.75, 3.05) is 13.4 Å². The van der Waals surface area contributed by atoms with E-state index in [1.165, 1.54) is 0 Å². The van der Waals surface area contributed by atoms with Crippen molar-refractivity contribution in [3.05, 3.63) is 12.2 Å². The van der Waals surface area contributed by atoms with Gasteiger partial charge < -0.3 is 14.6 Å². The molecule has 0 aliphatic heterocycles. The number of ether oxygens (including phenoxy) is 2. The fraction of sp³-hybridized carbons (Fsp3) is 0.429. The molecule has 1 N–H and O–H groups in total. The zero-order valence-electron chi connectivity index (χ0n) is 6.65. The number of aliphatic carboxylic acids is 1. The van der Waals surface area contributed by atoms with Crippen LogP contribution in [0.25, 0.3) is 0 Å². The zero-order valence-corrected chi connectivity index (χ0v) is 6.65. The van der Waals surface area contributed by atoms with Crippen molar-refractivity contribution in [2.45, 2.75) is 6.92 Å². The summed E-state index contributed by atoms with van der Waals surface area (Å²) in [6.45, 7) is 2.04. The molecule has 0 heterocycles. The third-order valence-electron chi connectivity index (χ3n) is 0.851. The van der Waals surface area contributed by atoms with Crippen LogP contribution < -0.4 is 0 Å². The molecule has 0 aromatic carbocycles. The zero-order chi connectivity index (χ0) is 9.40. The van der Waals surface area contributed by atoms with E-state index in [-0.39, 0.29) is 6.79 Å². The molecule has 0 amide bonds. The molecule has 5 nitrogen and oxygen atoms in total. The van der Waals surface area contributed by atoms with E-state index >= 15 is 0 Å². The van der Waals surface area contributed by atoms with Crippen molar-refractivity contribution in [2.24, 2.45) is 0 Å². The van der Waals surface area contributed by atoms with Gasteiger partial charge in [0.1, 0.15) is 0 Å². The second kappa shape index (κ2) is 6.36. The van der Waals surface area contributed by atoms with Gasteiger partial charge >= 0.3 is 11.9 Å². The lowest BCUT2D eigenvalue weighted by Crippen LogP contribution is -2.05. The molecule has 0 fully saturated rings. The molecular formula is C7H10O5. The Bertz CT molecular complexity index is 184. The number of carbonyl (C=O) groups excluding carboxylic acids is 1. The maximum absolute atomic E-state index is 10.6. The van der Waals surface area contributed by atoms with Gasteiger partial charge in [-0.3, -0.25) is 0 Å². The Balaban J connectivity index is 3.53. The standard InChI is InChI=1S/C7H10O5/c1-2-11-5-12-7(10)4-3-6(8)9/h3-4H,2,5H2,1H3,(H,8,9). The minimum Gasteiger partial charge on any atom is -0.478 e. The van der Waals surface area contributed by atoms with E-state index in [1.807, 2.05) is 0 Å². The molecule has 0 saturated carbocycles. The van der Waals surface area contributed by atoms with Crippen LogP contribution in [0.3, 0.4) is 0 Å². The van der Waals surface area contributed by atoms with Gasteiger partial charge in [0, 0.05) is 18.8 Å². The lowest BCUT2D eigenvalue weighted by molar-refractivity contribution is -0.150. The molecule has 0 aliphatic rings. The van der Waals surface area contributed by atoms with Gasteiger partial charge in [-0.1, -0.05) is 0 Å². The molecule has 0 aliphatic carbocycles. The molecule has 0 aromatic rings. The van der Waals surface area contributed by atoms with Gasteiger partial charge in [0.2, 0.25) is 0 Å². The smallest absolute Gasteiger partial charge is 0.333 e. The highest BCUT2D eigenvalue weighted by molar-refractivity contribution is 5.90. The normalized spacial score (nSPS) is 10.1. The molecule has 0 aromatic heterocycles. The van der Waals surface area contributed by atoms with E-state index in [0.717, 1.165) is 6.08 Å². The van der Waals surface area contributed by atoms with Crippen molar-refractivity contribution >= 4 is 11.9 Å². The van der Waals surface area contributed by atoms with Gasteiger partial charge in [0.05, 0.1) is 0 Å². The van der Waals surface area contributed by atoms with E-state index in [2.05, 4.69) is 9.47 Å². The number of carboxylic acid groups (broad SMARTS) is 1. The molecule has 5 heteroatoms. The average Bonchev–Trinajstić information content (AvgIpc) is 2.01. The molecule has 0 atom stereocenters. The Kier molecular flexibility index (Phi) is 5.64. The lowest BCUT2D eigenvalue weighted by Gasteiger charge is -1.99. The Morgan fingerprint density at radius 2 is 2.08 bits per heavy atom. The van der Waals surface area contributed by atoms with Gasteiger partial charge in [-0.15, -0.1) is 0 Å². The van der Waals surface area contributed by atoms with Crippen LogP contribution in [0.5, 0.6) is 0 Å². The number of carbonyl (C=O) groups is 2. The lowest BCUT2D eigenvalue weighted by atomic mass is 10.5. The van der Waals surface area contributed by atoms with Crippen LogP contribution in [0.4, 0.5) is 0 Å². The summed E-state index contributed by atoms with van der Waals surface area (Å²) in [5.41, 5.74) is 0. The number of esters is 1. The fourth-order valence-electron chi connectivity index (χ4n) is 0.371. The van der Waals surface area contributed by atoms with Crippen molar-refractivity contribution in [3.8, 4) is 0 Å². The van der Waals surface area contributed by atoms with E-state index in [0.29, 0.717) is 12.7 Å². The summed E-state index contributed by atoms with van der Waals surface area (Å²) in [7, 11) is 0. The quantitative estimate of drug-likeness (QED) is 0.278. The van der Waals surface area contributed by atoms with Gasteiger partial charge in [0.25, 0.3) is 0 Å². The molecule has 12 heavy (non-hydrogen) atoms. The number of carboxylic acids is 1. The first-order valence-electron chi connectivity index (χ1n) is 3.32. The Morgan fingerprint density at radius 1 is 1.42 bits per heavy atom. The van der Waals surface area contributed by atoms with Crippen molar-refractivity contribution in [1.29, 1.82) is 0 Å².